The predicted octanol–water partition coefficient (Wildman–Crippen LogP) is 5.43. The Hall–Kier alpha value is -1.35. The molecule has 23 heavy (non-hydrogen) atoms. The number of unbranched alkanes of at least 4 members (excludes halogenated alkanes) is 3. The van der Waals surface area contributed by atoms with Gasteiger partial charge in [-0.3, -0.25) is 4.79 Å². The largest absolute Gasteiger partial charge is 0.481 e. The zero-order valence-corrected chi connectivity index (χ0v) is 14.5. The quantitative estimate of drug-likeness (QED) is 0.264. The van der Waals surface area contributed by atoms with E-state index in [1.165, 1.54) is 25.7 Å². The van der Waals surface area contributed by atoms with Crippen molar-refractivity contribution in [1.29, 1.82) is 0 Å². The molecular weight excluding hydrogens is 288 g/mol. The van der Waals surface area contributed by atoms with E-state index in [0.29, 0.717) is 12.2 Å². The van der Waals surface area contributed by atoms with E-state index in [4.69, 9.17) is 9.84 Å². The van der Waals surface area contributed by atoms with Gasteiger partial charge in [-0.25, -0.2) is 0 Å². The molecular formula is C20H32O3. The number of aliphatic carboxylic acids is 1. The van der Waals surface area contributed by atoms with Crippen LogP contribution in [0.4, 0.5) is 0 Å². The molecule has 1 saturated heterocycles. The van der Waals surface area contributed by atoms with Crippen LogP contribution < -0.4 is 0 Å². The normalized spacial score (nSPS) is 20.9. The molecule has 3 nitrogen and oxygen atoms in total. The van der Waals surface area contributed by atoms with Crippen LogP contribution in [0.2, 0.25) is 0 Å². The number of rotatable bonds is 14. The maximum atomic E-state index is 10.3. The van der Waals surface area contributed by atoms with Crippen LogP contribution in [-0.4, -0.2) is 23.3 Å². The highest BCUT2D eigenvalue weighted by molar-refractivity contribution is 5.66. The van der Waals surface area contributed by atoms with Crippen molar-refractivity contribution in [3.8, 4) is 0 Å². The van der Waals surface area contributed by atoms with E-state index in [1.807, 2.05) is 0 Å². The molecule has 0 radical (unpaired) electrons. The van der Waals surface area contributed by atoms with Gasteiger partial charge in [0.1, 0.15) is 0 Å². The van der Waals surface area contributed by atoms with Crippen LogP contribution in [0.3, 0.4) is 0 Å². The Morgan fingerprint density at radius 1 is 0.957 bits per heavy atom. The molecule has 0 bridgehead atoms. The topological polar surface area (TPSA) is 49.8 Å². The molecule has 1 rings (SSSR count). The zero-order valence-electron chi connectivity index (χ0n) is 14.5. The van der Waals surface area contributed by atoms with Gasteiger partial charge in [-0.2, -0.15) is 0 Å². The Bertz CT molecular complexity index is 396. The monoisotopic (exact) mass is 320 g/mol. The number of carboxylic acids is 1. The first-order chi connectivity index (χ1) is 11.2. The van der Waals surface area contributed by atoms with Crippen molar-refractivity contribution in [1.82, 2.24) is 0 Å². The summed E-state index contributed by atoms with van der Waals surface area (Å²) in [6.07, 6.45) is 23.8. The maximum absolute atomic E-state index is 10.3. The first-order valence-corrected chi connectivity index (χ1v) is 9.06. The number of ether oxygens (including phenoxy) is 1. The highest BCUT2D eigenvalue weighted by Crippen LogP contribution is 2.30. The van der Waals surface area contributed by atoms with Crippen LogP contribution >= 0.6 is 0 Å². The first kappa shape index (κ1) is 19.7. The van der Waals surface area contributed by atoms with Crippen LogP contribution in [0.5, 0.6) is 0 Å². The fourth-order valence-corrected chi connectivity index (χ4v) is 2.50. The average molecular weight is 320 g/mol. The van der Waals surface area contributed by atoms with Crippen molar-refractivity contribution in [3.05, 3.63) is 36.5 Å². The Labute approximate surface area is 141 Å². The fraction of sp³-hybridized carbons (Fsp3) is 0.650. The van der Waals surface area contributed by atoms with Crippen molar-refractivity contribution in [2.24, 2.45) is 0 Å². The summed E-state index contributed by atoms with van der Waals surface area (Å²) in [7, 11) is 0. The zero-order chi connectivity index (χ0) is 16.8. The third-order valence-corrected chi connectivity index (χ3v) is 3.95. The van der Waals surface area contributed by atoms with Crippen LogP contribution in [0.25, 0.3) is 0 Å². The molecule has 0 amide bonds. The first-order valence-electron chi connectivity index (χ1n) is 9.06. The van der Waals surface area contributed by atoms with Crippen LogP contribution in [0.15, 0.2) is 36.5 Å². The molecule has 0 aromatic carbocycles. The van der Waals surface area contributed by atoms with Crippen LogP contribution in [0.1, 0.15) is 71.1 Å². The minimum Gasteiger partial charge on any atom is -0.481 e. The summed E-state index contributed by atoms with van der Waals surface area (Å²) in [5, 5.41) is 8.51. The van der Waals surface area contributed by atoms with E-state index >= 15 is 0 Å². The van der Waals surface area contributed by atoms with E-state index in [2.05, 4.69) is 43.4 Å². The maximum Gasteiger partial charge on any atom is 0.303 e. The van der Waals surface area contributed by atoms with E-state index in [-0.39, 0.29) is 6.42 Å². The number of carboxylic acid groups (broad SMARTS) is 1. The summed E-state index contributed by atoms with van der Waals surface area (Å²) in [4.78, 5) is 10.3. The third-order valence-electron chi connectivity index (χ3n) is 3.95. The lowest BCUT2D eigenvalue weighted by Gasteiger charge is -1.93. The second-order valence-electron chi connectivity index (χ2n) is 6.12. The summed E-state index contributed by atoms with van der Waals surface area (Å²) < 4.78 is 5.66. The molecule has 3 heteroatoms. The van der Waals surface area contributed by atoms with Gasteiger partial charge in [0.15, 0.2) is 0 Å². The summed E-state index contributed by atoms with van der Waals surface area (Å²) in [6.45, 7) is 2.23. The number of carbonyl (C=O) groups is 1. The molecule has 0 saturated carbocycles. The standard InChI is InChI=1S/C20H32O3/c1-2-3-12-15-18-19(23-18)16-13-10-8-6-4-5-7-9-11-14-17-20(21)22/h4,6-7,9-10,13,18-19H,2-3,5,8,11-12,14-17H2,1H3,(H,21,22)/b6-4-,9-7-,13-10-/t18-,19-/m0/s1. The lowest BCUT2D eigenvalue weighted by Crippen LogP contribution is -1.92. The van der Waals surface area contributed by atoms with Crippen molar-refractivity contribution >= 4 is 5.97 Å². The van der Waals surface area contributed by atoms with Gasteiger partial charge >= 0.3 is 5.97 Å². The molecule has 0 aromatic rings. The lowest BCUT2D eigenvalue weighted by atomic mass is 10.1. The number of hydrogen-bond acceptors (Lipinski definition) is 2. The smallest absolute Gasteiger partial charge is 0.303 e. The molecule has 1 aliphatic rings. The Morgan fingerprint density at radius 3 is 2.35 bits per heavy atom. The fourth-order valence-electron chi connectivity index (χ4n) is 2.50. The molecule has 0 unspecified atom stereocenters. The van der Waals surface area contributed by atoms with E-state index in [9.17, 15) is 4.79 Å². The Kier molecular flexibility index (Phi) is 11.2. The molecule has 0 aromatic heterocycles. The van der Waals surface area contributed by atoms with Gasteiger partial charge in [0.25, 0.3) is 0 Å². The molecule has 130 valence electrons. The summed E-state index contributed by atoms with van der Waals surface area (Å²) in [5.41, 5.74) is 0. The van der Waals surface area contributed by atoms with E-state index in [0.717, 1.165) is 32.1 Å². The summed E-state index contributed by atoms with van der Waals surface area (Å²) in [5.74, 6) is -0.714. The van der Waals surface area contributed by atoms with Gasteiger partial charge in [0, 0.05) is 6.42 Å². The van der Waals surface area contributed by atoms with Gasteiger partial charge < -0.3 is 9.84 Å². The molecule has 1 heterocycles. The molecule has 1 fully saturated rings. The van der Waals surface area contributed by atoms with Gasteiger partial charge in [0.2, 0.25) is 0 Å². The second-order valence-corrected chi connectivity index (χ2v) is 6.12. The molecule has 1 N–H and O–H groups in total. The van der Waals surface area contributed by atoms with Gasteiger partial charge in [-0.1, -0.05) is 62.6 Å². The lowest BCUT2D eigenvalue weighted by molar-refractivity contribution is -0.137. The molecule has 0 spiro atoms. The van der Waals surface area contributed by atoms with Gasteiger partial charge in [-0.05, 0) is 38.5 Å². The number of allylic oxidation sites excluding steroid dienone is 5. The Balaban J connectivity index is 1.90. The van der Waals surface area contributed by atoms with Gasteiger partial charge in [-0.15, -0.1) is 0 Å². The molecule has 2 atom stereocenters. The summed E-state index contributed by atoms with van der Waals surface area (Å²) >= 11 is 0. The number of hydrogen-bond donors (Lipinski definition) is 1. The predicted molar refractivity (Wildman–Crippen MR) is 95.6 cm³/mol. The van der Waals surface area contributed by atoms with Crippen molar-refractivity contribution in [3.63, 3.8) is 0 Å². The second kappa shape index (κ2) is 13.1. The highest BCUT2D eigenvalue weighted by Gasteiger charge is 2.36. The van der Waals surface area contributed by atoms with Crippen LogP contribution in [0, 0.1) is 0 Å². The van der Waals surface area contributed by atoms with E-state index < -0.39 is 5.97 Å². The van der Waals surface area contributed by atoms with Crippen molar-refractivity contribution in [2.45, 2.75) is 83.3 Å². The SMILES string of the molecule is CCCCC[C@@H]1O[C@H]1C/C=C\C/C=C\C/C=C\CCCC(=O)O. The number of epoxide rings is 1. The van der Waals surface area contributed by atoms with Gasteiger partial charge in [0.05, 0.1) is 12.2 Å². The molecule has 0 aliphatic carbocycles. The van der Waals surface area contributed by atoms with Crippen molar-refractivity contribution < 1.29 is 14.6 Å². The third kappa shape index (κ3) is 11.8. The van der Waals surface area contributed by atoms with Crippen LogP contribution in [-0.2, 0) is 9.53 Å². The van der Waals surface area contributed by atoms with E-state index in [1.54, 1.807) is 0 Å². The minimum atomic E-state index is -0.714. The summed E-state index contributed by atoms with van der Waals surface area (Å²) in [6, 6.07) is 0. The molecule has 1 aliphatic heterocycles. The Morgan fingerprint density at radius 2 is 1.65 bits per heavy atom. The average Bonchev–Trinajstić information content (AvgIpc) is 3.27. The minimum absolute atomic E-state index is 0.259. The van der Waals surface area contributed by atoms with Crippen molar-refractivity contribution in [2.75, 3.05) is 0 Å². The highest BCUT2D eigenvalue weighted by atomic mass is 16.6.